The number of pyridine rings is 1. The van der Waals surface area contributed by atoms with Gasteiger partial charge in [-0.3, -0.25) is 4.98 Å². The third-order valence-corrected chi connectivity index (χ3v) is 3.69. The number of aryl methyl sites for hydroxylation is 1. The Labute approximate surface area is 119 Å². The van der Waals surface area contributed by atoms with E-state index < -0.39 is 0 Å². The molecule has 0 bridgehead atoms. The highest BCUT2D eigenvalue weighted by Crippen LogP contribution is 2.34. The Morgan fingerprint density at radius 2 is 2.15 bits per heavy atom. The van der Waals surface area contributed by atoms with Crippen molar-refractivity contribution in [3.05, 3.63) is 42.0 Å². The van der Waals surface area contributed by atoms with Gasteiger partial charge in [-0.2, -0.15) is 0 Å². The van der Waals surface area contributed by atoms with Crippen molar-refractivity contribution in [1.29, 1.82) is 0 Å². The van der Waals surface area contributed by atoms with Gasteiger partial charge in [0.05, 0.1) is 24.1 Å². The van der Waals surface area contributed by atoms with Crippen molar-refractivity contribution in [2.45, 2.75) is 25.8 Å². The normalized spacial score (nSPS) is 18.3. The standard InChI is InChI=1S/C15H19N5/c1-11-5-6-15(18-8-11)20-7-3-4-13(20)12-9-17-10-14(16-2)19-12/h5-6,8-10,13H,3-4,7H2,1-2H3,(H,16,19)/t13-/m0/s1. The lowest BCUT2D eigenvalue weighted by Gasteiger charge is -2.25. The van der Waals surface area contributed by atoms with Gasteiger partial charge in [0, 0.05) is 19.8 Å². The van der Waals surface area contributed by atoms with E-state index in [1.807, 2.05) is 19.4 Å². The molecule has 1 saturated heterocycles. The second kappa shape index (κ2) is 5.45. The van der Waals surface area contributed by atoms with Gasteiger partial charge in [-0.15, -0.1) is 0 Å². The van der Waals surface area contributed by atoms with Crippen LogP contribution in [-0.4, -0.2) is 28.5 Å². The fraction of sp³-hybridized carbons (Fsp3) is 0.400. The van der Waals surface area contributed by atoms with Crippen LogP contribution in [0, 0.1) is 6.92 Å². The topological polar surface area (TPSA) is 53.9 Å². The van der Waals surface area contributed by atoms with Gasteiger partial charge in [0.15, 0.2) is 0 Å². The van der Waals surface area contributed by atoms with E-state index in [9.17, 15) is 0 Å². The summed E-state index contributed by atoms with van der Waals surface area (Å²) >= 11 is 0. The molecule has 2 aromatic heterocycles. The van der Waals surface area contributed by atoms with Crippen LogP contribution in [0.1, 0.15) is 30.1 Å². The van der Waals surface area contributed by atoms with Crippen LogP contribution in [0.25, 0.3) is 0 Å². The smallest absolute Gasteiger partial charge is 0.144 e. The molecule has 0 unspecified atom stereocenters. The lowest BCUT2D eigenvalue weighted by molar-refractivity contribution is 0.684. The van der Waals surface area contributed by atoms with E-state index in [0.717, 1.165) is 36.7 Å². The molecule has 0 saturated carbocycles. The SMILES string of the molecule is CNc1cncc([C@@H]2CCCN2c2ccc(C)cn2)n1. The quantitative estimate of drug-likeness (QED) is 0.928. The molecule has 3 heterocycles. The molecule has 3 rings (SSSR count). The Morgan fingerprint density at radius 1 is 1.25 bits per heavy atom. The first-order chi connectivity index (χ1) is 9.78. The molecule has 1 fully saturated rings. The highest BCUT2D eigenvalue weighted by molar-refractivity contribution is 5.44. The number of rotatable bonds is 3. The summed E-state index contributed by atoms with van der Waals surface area (Å²) in [4.78, 5) is 15.8. The molecule has 5 nitrogen and oxygen atoms in total. The van der Waals surface area contributed by atoms with Gasteiger partial charge in [0.25, 0.3) is 0 Å². The second-order valence-electron chi connectivity index (χ2n) is 5.12. The summed E-state index contributed by atoms with van der Waals surface area (Å²) in [5.41, 5.74) is 2.19. The van der Waals surface area contributed by atoms with Crippen molar-refractivity contribution in [2.75, 3.05) is 23.8 Å². The van der Waals surface area contributed by atoms with E-state index in [1.54, 1.807) is 6.20 Å². The van der Waals surface area contributed by atoms with Gasteiger partial charge in [-0.1, -0.05) is 6.07 Å². The molecule has 5 heteroatoms. The molecule has 2 aromatic rings. The van der Waals surface area contributed by atoms with Crippen molar-refractivity contribution in [3.8, 4) is 0 Å². The minimum Gasteiger partial charge on any atom is -0.372 e. The molecule has 1 atom stereocenters. The average molecular weight is 269 g/mol. The van der Waals surface area contributed by atoms with Gasteiger partial charge in [0.1, 0.15) is 11.6 Å². The van der Waals surface area contributed by atoms with Crippen molar-refractivity contribution in [2.24, 2.45) is 0 Å². The van der Waals surface area contributed by atoms with Crippen molar-refractivity contribution < 1.29 is 0 Å². The van der Waals surface area contributed by atoms with E-state index in [0.29, 0.717) is 0 Å². The molecule has 0 spiro atoms. The van der Waals surface area contributed by atoms with Crippen molar-refractivity contribution in [1.82, 2.24) is 15.0 Å². The molecule has 0 aliphatic carbocycles. The lowest BCUT2D eigenvalue weighted by Crippen LogP contribution is -2.24. The largest absolute Gasteiger partial charge is 0.372 e. The molecule has 20 heavy (non-hydrogen) atoms. The minimum atomic E-state index is 0.269. The molecule has 1 aliphatic rings. The van der Waals surface area contributed by atoms with E-state index in [-0.39, 0.29) is 6.04 Å². The first kappa shape index (κ1) is 12.8. The van der Waals surface area contributed by atoms with Gasteiger partial charge in [-0.25, -0.2) is 9.97 Å². The Bertz CT molecular complexity index is 581. The number of nitrogens with one attached hydrogen (secondary N) is 1. The summed E-state index contributed by atoms with van der Waals surface area (Å²) in [5.74, 6) is 1.83. The van der Waals surface area contributed by atoms with Crippen LogP contribution in [0.4, 0.5) is 11.6 Å². The molecule has 0 aromatic carbocycles. The van der Waals surface area contributed by atoms with Crippen LogP contribution in [0.15, 0.2) is 30.7 Å². The number of hydrogen-bond donors (Lipinski definition) is 1. The number of aromatic nitrogens is 3. The molecule has 104 valence electrons. The zero-order chi connectivity index (χ0) is 13.9. The molecule has 1 aliphatic heterocycles. The summed E-state index contributed by atoms with van der Waals surface area (Å²) in [6, 6.07) is 4.46. The van der Waals surface area contributed by atoms with E-state index >= 15 is 0 Å². The lowest BCUT2D eigenvalue weighted by atomic mass is 10.1. The predicted octanol–water partition coefficient (Wildman–Crippen LogP) is 2.56. The maximum atomic E-state index is 4.62. The predicted molar refractivity (Wildman–Crippen MR) is 79.9 cm³/mol. The first-order valence-electron chi connectivity index (χ1n) is 6.97. The zero-order valence-corrected chi connectivity index (χ0v) is 11.9. The Morgan fingerprint density at radius 3 is 2.90 bits per heavy atom. The fourth-order valence-electron chi connectivity index (χ4n) is 2.64. The van der Waals surface area contributed by atoms with E-state index in [1.165, 1.54) is 5.56 Å². The summed E-state index contributed by atoms with van der Waals surface area (Å²) in [7, 11) is 1.86. The van der Waals surface area contributed by atoms with Gasteiger partial charge >= 0.3 is 0 Å². The molecular formula is C15H19N5. The minimum absolute atomic E-state index is 0.269. The van der Waals surface area contributed by atoms with E-state index in [4.69, 9.17) is 0 Å². The van der Waals surface area contributed by atoms with Gasteiger partial charge in [0.2, 0.25) is 0 Å². The molecule has 1 N–H and O–H groups in total. The second-order valence-corrected chi connectivity index (χ2v) is 5.12. The summed E-state index contributed by atoms with van der Waals surface area (Å²) < 4.78 is 0. The summed E-state index contributed by atoms with van der Waals surface area (Å²) in [6.45, 7) is 3.08. The van der Waals surface area contributed by atoms with Gasteiger partial charge in [-0.05, 0) is 31.4 Å². The number of hydrogen-bond acceptors (Lipinski definition) is 5. The molecular weight excluding hydrogens is 250 g/mol. The van der Waals surface area contributed by atoms with Crippen molar-refractivity contribution in [3.63, 3.8) is 0 Å². The monoisotopic (exact) mass is 269 g/mol. The maximum absolute atomic E-state index is 4.62. The first-order valence-corrected chi connectivity index (χ1v) is 6.97. The Hall–Kier alpha value is -2.17. The Kier molecular flexibility index (Phi) is 3.50. The van der Waals surface area contributed by atoms with Crippen LogP contribution in [0.3, 0.4) is 0 Å². The molecule has 0 radical (unpaired) electrons. The van der Waals surface area contributed by atoms with Crippen LogP contribution < -0.4 is 10.2 Å². The van der Waals surface area contributed by atoms with Crippen LogP contribution >= 0.6 is 0 Å². The van der Waals surface area contributed by atoms with Crippen LogP contribution in [0.5, 0.6) is 0 Å². The Balaban J connectivity index is 1.90. The third kappa shape index (κ3) is 2.43. The highest BCUT2D eigenvalue weighted by Gasteiger charge is 2.28. The highest BCUT2D eigenvalue weighted by atomic mass is 15.2. The summed E-state index contributed by atoms with van der Waals surface area (Å²) in [6.07, 6.45) is 7.77. The van der Waals surface area contributed by atoms with Gasteiger partial charge < -0.3 is 10.2 Å². The maximum Gasteiger partial charge on any atom is 0.144 e. The van der Waals surface area contributed by atoms with Crippen molar-refractivity contribution >= 4 is 11.6 Å². The molecule has 0 amide bonds. The third-order valence-electron chi connectivity index (χ3n) is 3.69. The average Bonchev–Trinajstić information content (AvgIpc) is 2.97. The fourth-order valence-corrected chi connectivity index (χ4v) is 2.64. The zero-order valence-electron chi connectivity index (χ0n) is 11.9. The van der Waals surface area contributed by atoms with Crippen LogP contribution in [0.2, 0.25) is 0 Å². The van der Waals surface area contributed by atoms with Crippen LogP contribution in [-0.2, 0) is 0 Å². The summed E-state index contributed by atoms with van der Waals surface area (Å²) in [5, 5.41) is 3.05. The van der Waals surface area contributed by atoms with E-state index in [2.05, 4.69) is 44.2 Å². The number of nitrogens with zero attached hydrogens (tertiary/aromatic N) is 4. The number of anilines is 2.